The van der Waals surface area contributed by atoms with Crippen molar-refractivity contribution >= 4 is 44.5 Å². The van der Waals surface area contributed by atoms with Crippen molar-refractivity contribution in [2.45, 2.75) is 83.2 Å². The lowest BCUT2D eigenvalue weighted by atomic mass is 9.99. The fraction of sp³-hybridized carbons (Fsp3) is 0.514. The molecule has 2 aromatic heterocycles. The van der Waals surface area contributed by atoms with Crippen molar-refractivity contribution in [1.29, 1.82) is 0 Å². The normalized spacial score (nSPS) is 17.7. The highest BCUT2D eigenvalue weighted by Gasteiger charge is 2.47. The number of anilines is 2. The minimum atomic E-state index is -2.83. The highest BCUT2D eigenvalue weighted by Crippen LogP contribution is 2.47. The topological polar surface area (TPSA) is 86.9 Å². The van der Waals surface area contributed by atoms with Gasteiger partial charge in [-0.25, -0.2) is 22.8 Å². The Balaban J connectivity index is 1.36. The van der Waals surface area contributed by atoms with Gasteiger partial charge in [-0.05, 0) is 42.4 Å². The van der Waals surface area contributed by atoms with Crippen molar-refractivity contribution < 1.29 is 32.2 Å². The molecule has 0 bridgehead atoms. The van der Waals surface area contributed by atoms with Crippen LogP contribution in [0.5, 0.6) is 5.88 Å². The number of carbonyl (C=O) groups is 1. The third-order valence-electron chi connectivity index (χ3n) is 9.23. The Morgan fingerprint density at radius 2 is 1.62 bits per heavy atom. The Bertz CT molecular complexity index is 1870. The number of methoxy groups -OCH3 is 1. The number of benzene rings is 2. The zero-order valence-electron chi connectivity index (χ0n) is 29.9. The van der Waals surface area contributed by atoms with E-state index in [4.69, 9.17) is 14.2 Å². The molecule has 1 amide bonds. The van der Waals surface area contributed by atoms with Gasteiger partial charge in [-0.15, -0.1) is 5.10 Å². The van der Waals surface area contributed by atoms with Crippen LogP contribution in [0, 0.1) is 5.82 Å². The molecule has 1 saturated heterocycles. The zero-order chi connectivity index (χ0) is 36.0. The molecule has 1 atom stereocenters. The molecule has 15 heteroatoms. The molecule has 0 spiro atoms. The van der Waals surface area contributed by atoms with Crippen LogP contribution in [0.3, 0.4) is 0 Å². The number of rotatable bonds is 14. The van der Waals surface area contributed by atoms with Gasteiger partial charge in [0, 0.05) is 59.3 Å². The Labute approximate surface area is 293 Å². The van der Waals surface area contributed by atoms with Crippen molar-refractivity contribution in [3.8, 4) is 5.88 Å². The summed E-state index contributed by atoms with van der Waals surface area (Å²) in [6.07, 6.45) is 1.42. The molecule has 2 aliphatic rings. The van der Waals surface area contributed by atoms with E-state index in [9.17, 15) is 13.6 Å². The van der Waals surface area contributed by atoms with Crippen LogP contribution in [0.25, 0.3) is 11.0 Å². The molecule has 270 valence electrons. The van der Waals surface area contributed by atoms with Crippen molar-refractivity contribution in [2.75, 3.05) is 43.2 Å². The molecule has 6 rings (SSSR count). The number of fused-ring (bicyclic) bond motifs is 2. The molecule has 10 nitrogen and oxygen atoms in total. The first kappa shape index (κ1) is 36.1. The molecule has 4 heterocycles. The number of hydrogen-bond donors (Lipinski definition) is 0. The molecule has 2 aliphatic heterocycles. The lowest BCUT2D eigenvalue weighted by Gasteiger charge is -2.27. The fourth-order valence-corrected chi connectivity index (χ4v) is 7.87. The SMILES string of the molecule is COc1nn(COCC[Si](C)(C)C)c2c1C(c1ccc(N3CCC(F)(F)C3)cc1F)N(c1ccc3c(c1)ncn3COCC[Si](C)(C)C)C2=O. The van der Waals surface area contributed by atoms with Gasteiger partial charge in [-0.1, -0.05) is 45.3 Å². The van der Waals surface area contributed by atoms with E-state index in [0.717, 1.165) is 17.6 Å². The van der Waals surface area contributed by atoms with Crippen LogP contribution in [0.15, 0.2) is 42.7 Å². The quantitative estimate of drug-likeness (QED) is 0.0977. The first-order valence-corrected chi connectivity index (χ1v) is 24.5. The molecule has 0 radical (unpaired) electrons. The zero-order valence-corrected chi connectivity index (χ0v) is 31.9. The highest BCUT2D eigenvalue weighted by molar-refractivity contribution is 6.76. The summed E-state index contributed by atoms with van der Waals surface area (Å²) in [5.41, 5.74) is 3.18. The monoisotopic (exact) mass is 728 g/mol. The van der Waals surface area contributed by atoms with Crippen LogP contribution >= 0.6 is 0 Å². The molecular formula is C35H47F3N6O4Si2. The van der Waals surface area contributed by atoms with E-state index in [2.05, 4.69) is 49.4 Å². The summed E-state index contributed by atoms with van der Waals surface area (Å²) >= 11 is 0. The summed E-state index contributed by atoms with van der Waals surface area (Å²) in [6.45, 7) is 14.9. The van der Waals surface area contributed by atoms with E-state index in [-0.39, 0.29) is 36.8 Å². The first-order valence-electron chi connectivity index (χ1n) is 17.1. The average Bonchev–Trinajstić information content (AvgIpc) is 3.78. The number of carbonyl (C=O) groups excluding carboxylic acids is 1. The van der Waals surface area contributed by atoms with E-state index in [1.165, 1.54) is 27.7 Å². The summed E-state index contributed by atoms with van der Waals surface area (Å²) in [4.78, 5) is 22.1. The Morgan fingerprint density at radius 1 is 0.940 bits per heavy atom. The smallest absolute Gasteiger partial charge is 0.278 e. The molecular weight excluding hydrogens is 682 g/mol. The first-order chi connectivity index (χ1) is 23.5. The predicted octanol–water partition coefficient (Wildman–Crippen LogP) is 7.60. The van der Waals surface area contributed by atoms with Gasteiger partial charge in [-0.3, -0.25) is 9.69 Å². The fourth-order valence-electron chi connectivity index (χ4n) is 6.36. The van der Waals surface area contributed by atoms with E-state index in [1.807, 2.05) is 16.7 Å². The van der Waals surface area contributed by atoms with E-state index in [1.54, 1.807) is 24.5 Å². The lowest BCUT2D eigenvalue weighted by molar-refractivity contribution is 0.0257. The van der Waals surface area contributed by atoms with Crippen LogP contribution < -0.4 is 14.5 Å². The van der Waals surface area contributed by atoms with Crippen molar-refractivity contribution in [1.82, 2.24) is 19.3 Å². The maximum Gasteiger partial charge on any atom is 0.278 e. The minimum absolute atomic E-state index is 0.0220. The number of nitrogens with zero attached hydrogens (tertiary/aromatic N) is 6. The maximum atomic E-state index is 16.3. The third kappa shape index (κ3) is 7.65. The van der Waals surface area contributed by atoms with E-state index < -0.39 is 46.4 Å². The van der Waals surface area contributed by atoms with Crippen LogP contribution in [0.4, 0.5) is 24.5 Å². The van der Waals surface area contributed by atoms with E-state index in [0.29, 0.717) is 42.4 Å². The van der Waals surface area contributed by atoms with Crippen molar-refractivity contribution in [3.05, 3.63) is 65.4 Å². The molecule has 0 N–H and O–H groups in total. The summed E-state index contributed by atoms with van der Waals surface area (Å²) < 4.78 is 65.3. The Morgan fingerprint density at radius 3 is 2.24 bits per heavy atom. The van der Waals surface area contributed by atoms with Crippen molar-refractivity contribution in [3.63, 3.8) is 0 Å². The van der Waals surface area contributed by atoms with Gasteiger partial charge in [0.05, 0.1) is 42.6 Å². The minimum Gasteiger partial charge on any atom is -0.480 e. The molecule has 50 heavy (non-hydrogen) atoms. The number of amides is 1. The van der Waals surface area contributed by atoms with Crippen LogP contribution in [0.2, 0.25) is 51.4 Å². The standard InChI is InChI=1S/C35H47F3N6O4Si2/c1-46-33-30-31(26-10-8-24(18-27(26)36)41-13-12-35(37,38)20-41)44(34(45)32(30)43(40-33)23-48-15-17-50(5,6)7)25-9-11-29-28(19-25)39-21-42(29)22-47-14-16-49(2,3)4/h8-11,18-19,21,31H,12-17,20,22-23H2,1-7H3. The highest BCUT2D eigenvalue weighted by atomic mass is 28.3. The molecule has 1 unspecified atom stereocenters. The maximum absolute atomic E-state index is 16.3. The van der Waals surface area contributed by atoms with Gasteiger partial charge in [0.25, 0.3) is 11.8 Å². The number of aromatic nitrogens is 4. The summed E-state index contributed by atoms with van der Waals surface area (Å²) in [5, 5.41) is 4.56. The molecule has 4 aromatic rings. The van der Waals surface area contributed by atoms with E-state index >= 15 is 4.39 Å². The third-order valence-corrected chi connectivity index (χ3v) is 12.6. The lowest BCUT2D eigenvalue weighted by Crippen LogP contribution is -2.31. The van der Waals surface area contributed by atoms with Crippen LogP contribution in [0.1, 0.15) is 34.1 Å². The second kappa shape index (κ2) is 13.8. The summed E-state index contributed by atoms with van der Waals surface area (Å²) in [7, 11) is -1.14. The molecule has 2 aromatic carbocycles. The predicted molar refractivity (Wildman–Crippen MR) is 194 cm³/mol. The van der Waals surface area contributed by atoms with Crippen molar-refractivity contribution in [2.24, 2.45) is 0 Å². The van der Waals surface area contributed by atoms with Gasteiger partial charge >= 0.3 is 0 Å². The van der Waals surface area contributed by atoms with Gasteiger partial charge in [-0.2, -0.15) is 0 Å². The van der Waals surface area contributed by atoms with Crippen LogP contribution in [-0.2, 0) is 22.9 Å². The van der Waals surface area contributed by atoms with Gasteiger partial charge in [0.2, 0.25) is 5.88 Å². The Kier molecular flexibility index (Phi) is 9.98. The largest absolute Gasteiger partial charge is 0.480 e. The number of imidazole rings is 1. The second-order valence-corrected chi connectivity index (χ2v) is 26.9. The van der Waals surface area contributed by atoms with Crippen LogP contribution in [-0.4, -0.2) is 80.7 Å². The molecule has 0 saturated carbocycles. The molecule has 0 aliphatic carbocycles. The van der Waals surface area contributed by atoms with Gasteiger partial charge in [0.1, 0.15) is 25.0 Å². The Hall–Kier alpha value is -3.67. The molecule has 1 fully saturated rings. The number of alkyl halides is 2. The second-order valence-electron chi connectivity index (χ2n) is 15.7. The average molecular weight is 729 g/mol. The summed E-state index contributed by atoms with van der Waals surface area (Å²) in [6, 6.07) is 11.0. The number of ether oxygens (including phenoxy) is 3. The summed E-state index contributed by atoms with van der Waals surface area (Å²) in [5.74, 6) is -3.68. The number of halogens is 3. The number of hydrogen-bond acceptors (Lipinski definition) is 7. The van der Waals surface area contributed by atoms with Gasteiger partial charge in [0.15, 0.2) is 0 Å². The van der Waals surface area contributed by atoms with Gasteiger partial charge < -0.3 is 23.7 Å².